The van der Waals surface area contributed by atoms with E-state index in [9.17, 15) is 18.0 Å². The molecule has 0 radical (unpaired) electrons. The van der Waals surface area contributed by atoms with Crippen molar-refractivity contribution in [1.82, 2.24) is 9.97 Å². The van der Waals surface area contributed by atoms with Crippen LogP contribution in [0.1, 0.15) is 29.9 Å². The number of nitrogens with one attached hydrogen (secondary N) is 2. The topological polar surface area (TPSA) is 85.4 Å². The lowest BCUT2D eigenvalue weighted by atomic mass is 10.2. The summed E-state index contributed by atoms with van der Waals surface area (Å²) in [6.07, 6.45) is -4.65. The molecule has 2 rings (SSSR count). The summed E-state index contributed by atoms with van der Waals surface area (Å²) in [7, 11) is 2.62. The summed E-state index contributed by atoms with van der Waals surface area (Å²) in [6.45, 7) is 3.50. The summed E-state index contributed by atoms with van der Waals surface area (Å²) in [5.41, 5.74) is -0.652. The Labute approximate surface area is 153 Å². The third-order valence-corrected chi connectivity index (χ3v) is 3.32. The molecule has 0 saturated heterocycles. The van der Waals surface area contributed by atoms with Gasteiger partial charge >= 0.3 is 12.1 Å². The lowest BCUT2D eigenvalue weighted by Crippen LogP contribution is -2.17. The number of rotatable bonds is 6. The van der Waals surface area contributed by atoms with Crippen molar-refractivity contribution in [3.05, 3.63) is 35.5 Å². The van der Waals surface area contributed by atoms with Crippen LogP contribution in [0.4, 0.5) is 30.6 Å². The third-order valence-electron chi connectivity index (χ3n) is 3.32. The second-order valence-electron chi connectivity index (χ2n) is 5.79. The maximum atomic E-state index is 13.2. The maximum absolute atomic E-state index is 13.2. The smallest absolute Gasteiger partial charge is 0.433 e. The first kappa shape index (κ1) is 20.3. The number of hydrogen-bond acceptors (Lipinski definition) is 7. The number of aromatic nitrogens is 2. The monoisotopic (exact) mass is 384 g/mol. The number of ether oxygens (including phenoxy) is 2. The van der Waals surface area contributed by atoms with Gasteiger partial charge in [0, 0.05) is 12.1 Å². The summed E-state index contributed by atoms with van der Waals surface area (Å²) in [6, 6.07) is 4.97. The zero-order valence-corrected chi connectivity index (χ0v) is 15.1. The van der Waals surface area contributed by atoms with Crippen LogP contribution in [0.15, 0.2) is 24.3 Å². The number of halogens is 3. The molecule has 27 heavy (non-hydrogen) atoms. The minimum atomic E-state index is -4.65. The van der Waals surface area contributed by atoms with Crippen LogP contribution in [-0.4, -0.2) is 36.2 Å². The molecule has 1 heterocycles. The zero-order valence-electron chi connectivity index (χ0n) is 15.1. The Morgan fingerprint density at radius 3 is 2.41 bits per heavy atom. The molecule has 1 aromatic heterocycles. The molecule has 2 aromatic rings. The predicted molar refractivity (Wildman–Crippen MR) is 93.4 cm³/mol. The van der Waals surface area contributed by atoms with Gasteiger partial charge in [-0.05, 0) is 32.0 Å². The maximum Gasteiger partial charge on any atom is 0.433 e. The Balaban J connectivity index is 2.47. The van der Waals surface area contributed by atoms with Gasteiger partial charge in [-0.2, -0.15) is 18.2 Å². The van der Waals surface area contributed by atoms with Crippen molar-refractivity contribution in [2.75, 3.05) is 24.9 Å². The Morgan fingerprint density at radius 2 is 1.85 bits per heavy atom. The highest BCUT2D eigenvalue weighted by Gasteiger charge is 2.34. The Bertz CT molecular complexity index is 826. The van der Waals surface area contributed by atoms with Crippen molar-refractivity contribution in [2.24, 2.45) is 0 Å². The number of carbonyl (C=O) groups excluding carboxylic acids is 1. The van der Waals surface area contributed by atoms with Crippen molar-refractivity contribution in [3.8, 4) is 5.75 Å². The largest absolute Gasteiger partial charge is 0.495 e. The molecule has 0 aliphatic heterocycles. The van der Waals surface area contributed by atoms with Gasteiger partial charge in [0.25, 0.3) is 0 Å². The van der Waals surface area contributed by atoms with Crippen LogP contribution in [0.25, 0.3) is 0 Å². The third kappa shape index (κ3) is 5.22. The van der Waals surface area contributed by atoms with E-state index in [-0.39, 0.29) is 29.1 Å². The van der Waals surface area contributed by atoms with E-state index in [1.54, 1.807) is 13.8 Å². The lowest BCUT2D eigenvalue weighted by Gasteiger charge is -2.16. The predicted octanol–water partition coefficient (Wildman–Crippen LogP) is 3.85. The fourth-order valence-electron chi connectivity index (χ4n) is 2.17. The van der Waals surface area contributed by atoms with Crippen molar-refractivity contribution >= 4 is 23.4 Å². The van der Waals surface area contributed by atoms with E-state index in [0.29, 0.717) is 5.75 Å². The first-order valence-electron chi connectivity index (χ1n) is 7.90. The quantitative estimate of drug-likeness (QED) is 0.732. The van der Waals surface area contributed by atoms with Gasteiger partial charge in [0.1, 0.15) is 11.6 Å². The number of hydrogen-bond donors (Lipinski definition) is 2. The van der Waals surface area contributed by atoms with Crippen molar-refractivity contribution in [1.29, 1.82) is 0 Å². The van der Waals surface area contributed by atoms with Crippen LogP contribution in [-0.2, 0) is 10.9 Å². The standard InChI is InChI=1S/C17H19F3N4O3/c1-9(2)21-16-23-13(17(18,19)20)8-14(24-16)22-11-7-10(15(25)27-4)5-6-12(11)26-3/h5-9H,1-4H3,(H2,21,22,23,24). The molecule has 0 bridgehead atoms. The number of esters is 1. The molecule has 10 heteroatoms. The van der Waals surface area contributed by atoms with Crippen molar-refractivity contribution in [3.63, 3.8) is 0 Å². The Kier molecular flexibility index (Phi) is 6.09. The highest BCUT2D eigenvalue weighted by atomic mass is 19.4. The van der Waals surface area contributed by atoms with E-state index in [1.165, 1.54) is 32.4 Å². The number of methoxy groups -OCH3 is 2. The minimum absolute atomic E-state index is 0.110. The number of benzene rings is 1. The van der Waals surface area contributed by atoms with Gasteiger partial charge in [0.15, 0.2) is 5.69 Å². The van der Waals surface area contributed by atoms with Crippen LogP contribution in [0.5, 0.6) is 5.75 Å². The number of nitrogens with zero attached hydrogens (tertiary/aromatic N) is 2. The second kappa shape index (κ2) is 8.11. The van der Waals surface area contributed by atoms with E-state index in [1.807, 2.05) is 0 Å². The summed E-state index contributed by atoms with van der Waals surface area (Å²) >= 11 is 0. The fraction of sp³-hybridized carbons (Fsp3) is 0.353. The molecule has 0 unspecified atom stereocenters. The molecule has 0 atom stereocenters. The van der Waals surface area contributed by atoms with Crippen LogP contribution in [0.3, 0.4) is 0 Å². The molecule has 0 saturated carbocycles. The van der Waals surface area contributed by atoms with Crippen LogP contribution in [0.2, 0.25) is 0 Å². The van der Waals surface area contributed by atoms with E-state index in [2.05, 4.69) is 25.3 Å². The van der Waals surface area contributed by atoms with Gasteiger partial charge in [-0.3, -0.25) is 0 Å². The van der Waals surface area contributed by atoms with E-state index < -0.39 is 17.8 Å². The van der Waals surface area contributed by atoms with Crippen LogP contribution in [0, 0.1) is 0 Å². The van der Waals surface area contributed by atoms with Gasteiger partial charge in [0.05, 0.1) is 25.5 Å². The summed E-state index contributed by atoms with van der Waals surface area (Å²) in [5.74, 6) is -0.569. The first-order valence-corrected chi connectivity index (χ1v) is 7.90. The fourth-order valence-corrected chi connectivity index (χ4v) is 2.17. The normalized spacial score (nSPS) is 11.3. The Morgan fingerprint density at radius 1 is 1.15 bits per heavy atom. The van der Waals surface area contributed by atoms with E-state index in [0.717, 1.165) is 6.07 Å². The minimum Gasteiger partial charge on any atom is -0.495 e. The van der Waals surface area contributed by atoms with E-state index in [4.69, 9.17) is 4.74 Å². The zero-order chi connectivity index (χ0) is 20.2. The molecule has 0 aliphatic rings. The van der Waals surface area contributed by atoms with Crippen LogP contribution >= 0.6 is 0 Å². The molecular weight excluding hydrogens is 365 g/mol. The van der Waals surface area contributed by atoms with Crippen molar-refractivity contribution in [2.45, 2.75) is 26.1 Å². The van der Waals surface area contributed by atoms with Crippen LogP contribution < -0.4 is 15.4 Å². The SMILES string of the molecule is COC(=O)c1ccc(OC)c(Nc2cc(C(F)(F)F)nc(NC(C)C)n2)c1. The van der Waals surface area contributed by atoms with Gasteiger partial charge in [-0.25, -0.2) is 9.78 Å². The number of anilines is 3. The summed E-state index contributed by atoms with van der Waals surface area (Å²) < 4.78 is 49.3. The highest BCUT2D eigenvalue weighted by Crippen LogP contribution is 2.33. The molecule has 0 amide bonds. The first-order chi connectivity index (χ1) is 12.6. The molecular formula is C17H19F3N4O3. The molecule has 2 N–H and O–H groups in total. The van der Waals surface area contributed by atoms with Gasteiger partial charge < -0.3 is 20.1 Å². The molecule has 146 valence electrons. The average molecular weight is 384 g/mol. The highest BCUT2D eigenvalue weighted by molar-refractivity contribution is 5.91. The van der Waals surface area contributed by atoms with Crippen molar-refractivity contribution < 1.29 is 27.4 Å². The molecule has 1 aromatic carbocycles. The van der Waals surface area contributed by atoms with Gasteiger partial charge in [0.2, 0.25) is 5.95 Å². The average Bonchev–Trinajstić information content (AvgIpc) is 2.59. The molecule has 0 spiro atoms. The van der Waals surface area contributed by atoms with Gasteiger partial charge in [-0.15, -0.1) is 0 Å². The number of alkyl halides is 3. The van der Waals surface area contributed by atoms with Gasteiger partial charge in [-0.1, -0.05) is 0 Å². The van der Waals surface area contributed by atoms with E-state index >= 15 is 0 Å². The lowest BCUT2D eigenvalue weighted by molar-refractivity contribution is -0.141. The Hall–Kier alpha value is -3.04. The molecule has 7 nitrogen and oxygen atoms in total. The summed E-state index contributed by atoms with van der Waals surface area (Å²) in [5, 5.41) is 5.49. The summed E-state index contributed by atoms with van der Waals surface area (Å²) in [4.78, 5) is 19.2. The number of carbonyl (C=O) groups is 1. The molecule has 0 fully saturated rings. The second-order valence-corrected chi connectivity index (χ2v) is 5.79. The molecule has 0 aliphatic carbocycles.